The molecule has 4 nitrogen and oxygen atoms in total. The summed E-state index contributed by atoms with van der Waals surface area (Å²) in [5.41, 5.74) is 5.69. The van der Waals surface area contributed by atoms with Crippen LogP contribution in [0.3, 0.4) is 0 Å². The van der Waals surface area contributed by atoms with Gasteiger partial charge in [0, 0.05) is 19.6 Å². The van der Waals surface area contributed by atoms with Gasteiger partial charge in [-0.25, -0.2) is 0 Å². The average molecular weight is 258 g/mol. The molecule has 0 aliphatic heterocycles. The predicted molar refractivity (Wildman–Crippen MR) is 75.2 cm³/mol. The number of nitrogens with two attached hydrogens (primary N) is 1. The number of amides is 1. The van der Waals surface area contributed by atoms with Crippen molar-refractivity contribution in [2.45, 2.75) is 52.9 Å². The molecule has 0 saturated heterocycles. The normalized spacial score (nSPS) is 13.4. The first kappa shape index (κ1) is 17.4. The predicted octanol–water partition coefficient (Wildman–Crippen LogP) is 1.67. The van der Waals surface area contributed by atoms with Gasteiger partial charge < -0.3 is 16.2 Å². The van der Waals surface area contributed by atoms with Gasteiger partial charge in [0.1, 0.15) is 0 Å². The van der Waals surface area contributed by atoms with Crippen LogP contribution in [0.4, 0.5) is 0 Å². The molecule has 0 aromatic rings. The Morgan fingerprint density at radius 1 is 1.39 bits per heavy atom. The lowest BCUT2D eigenvalue weighted by Crippen LogP contribution is -2.27. The lowest BCUT2D eigenvalue weighted by molar-refractivity contribution is -0.121. The fraction of sp³-hybridized carbons (Fsp3) is 0.929. The van der Waals surface area contributed by atoms with Gasteiger partial charge in [0.05, 0.1) is 0 Å². The second-order valence-electron chi connectivity index (χ2n) is 5.98. The van der Waals surface area contributed by atoms with E-state index in [9.17, 15) is 4.79 Å². The molecule has 0 aromatic heterocycles. The summed E-state index contributed by atoms with van der Waals surface area (Å²) >= 11 is 0. The maximum atomic E-state index is 11.6. The van der Waals surface area contributed by atoms with E-state index in [1.165, 1.54) is 0 Å². The van der Waals surface area contributed by atoms with E-state index in [0.29, 0.717) is 25.4 Å². The Labute approximate surface area is 111 Å². The van der Waals surface area contributed by atoms with Gasteiger partial charge in [-0.3, -0.25) is 4.79 Å². The molecule has 1 unspecified atom stereocenters. The third-order valence-corrected chi connectivity index (χ3v) is 3.36. The fourth-order valence-electron chi connectivity index (χ4n) is 1.83. The Balaban J connectivity index is 3.60. The van der Waals surface area contributed by atoms with Crippen molar-refractivity contribution in [2.24, 2.45) is 17.1 Å². The highest BCUT2D eigenvalue weighted by Crippen LogP contribution is 2.25. The Morgan fingerprint density at radius 2 is 2.06 bits per heavy atom. The summed E-state index contributed by atoms with van der Waals surface area (Å²) in [6.45, 7) is 7.92. The zero-order valence-electron chi connectivity index (χ0n) is 12.2. The molecule has 0 fully saturated rings. The third kappa shape index (κ3) is 9.42. The van der Waals surface area contributed by atoms with Gasteiger partial charge in [-0.05, 0) is 43.6 Å². The summed E-state index contributed by atoms with van der Waals surface area (Å²) in [5.74, 6) is 0.446. The van der Waals surface area contributed by atoms with Crippen LogP contribution in [0.15, 0.2) is 0 Å². The van der Waals surface area contributed by atoms with E-state index in [-0.39, 0.29) is 17.9 Å². The molecule has 0 radical (unpaired) electrons. The molecule has 18 heavy (non-hydrogen) atoms. The highest BCUT2D eigenvalue weighted by molar-refractivity contribution is 5.75. The number of rotatable bonds is 10. The van der Waals surface area contributed by atoms with E-state index in [4.69, 9.17) is 10.8 Å². The smallest absolute Gasteiger partial charge is 0.220 e. The Bertz CT molecular complexity index is 230. The molecule has 1 amide bonds. The second-order valence-corrected chi connectivity index (χ2v) is 5.98. The van der Waals surface area contributed by atoms with Crippen molar-refractivity contribution in [2.75, 3.05) is 19.7 Å². The fourth-order valence-corrected chi connectivity index (χ4v) is 1.83. The van der Waals surface area contributed by atoms with Crippen LogP contribution in [0.25, 0.3) is 0 Å². The molecule has 4 N–H and O–H groups in total. The number of nitrogens with one attached hydrogen (secondary N) is 1. The van der Waals surface area contributed by atoms with Gasteiger partial charge in [-0.1, -0.05) is 20.8 Å². The lowest BCUT2D eigenvalue weighted by Gasteiger charge is -2.23. The maximum absolute atomic E-state index is 11.6. The summed E-state index contributed by atoms with van der Waals surface area (Å²) < 4.78 is 0. The molecule has 1 atom stereocenters. The van der Waals surface area contributed by atoms with E-state index in [0.717, 1.165) is 25.7 Å². The van der Waals surface area contributed by atoms with Crippen molar-refractivity contribution in [3.63, 3.8) is 0 Å². The van der Waals surface area contributed by atoms with Crippen LogP contribution in [-0.4, -0.2) is 30.7 Å². The summed E-state index contributed by atoms with van der Waals surface area (Å²) in [4.78, 5) is 11.6. The molecule has 0 heterocycles. The number of aliphatic hydroxyl groups excluding tert-OH is 1. The summed E-state index contributed by atoms with van der Waals surface area (Å²) in [5, 5.41) is 11.8. The van der Waals surface area contributed by atoms with E-state index >= 15 is 0 Å². The van der Waals surface area contributed by atoms with Crippen LogP contribution in [0.2, 0.25) is 0 Å². The quantitative estimate of drug-likeness (QED) is 0.522. The first-order valence-corrected chi connectivity index (χ1v) is 6.99. The topological polar surface area (TPSA) is 75.3 Å². The first-order chi connectivity index (χ1) is 8.41. The van der Waals surface area contributed by atoms with Crippen LogP contribution in [0.1, 0.15) is 52.9 Å². The summed E-state index contributed by atoms with van der Waals surface area (Å²) in [6, 6.07) is 0. The minimum Gasteiger partial charge on any atom is -0.396 e. The van der Waals surface area contributed by atoms with Crippen molar-refractivity contribution >= 4 is 5.91 Å². The standard InChI is InChI=1S/C14H30N2O2/c1-12(11-17)5-4-10-16-13(18)6-7-14(2,3)8-9-15/h12,17H,4-11,15H2,1-3H3,(H,16,18). The van der Waals surface area contributed by atoms with Crippen LogP contribution >= 0.6 is 0 Å². The molecular weight excluding hydrogens is 228 g/mol. The van der Waals surface area contributed by atoms with Gasteiger partial charge in [0.2, 0.25) is 5.91 Å². The van der Waals surface area contributed by atoms with Crippen molar-refractivity contribution in [1.29, 1.82) is 0 Å². The molecule has 0 bridgehead atoms. The number of hydrogen-bond acceptors (Lipinski definition) is 3. The molecule has 0 aromatic carbocycles. The minimum absolute atomic E-state index is 0.122. The SMILES string of the molecule is CC(CO)CCCNC(=O)CCC(C)(C)CCN. The van der Waals surface area contributed by atoms with Crippen LogP contribution in [-0.2, 0) is 4.79 Å². The summed E-state index contributed by atoms with van der Waals surface area (Å²) in [7, 11) is 0. The molecule has 0 saturated carbocycles. The Hall–Kier alpha value is -0.610. The molecule has 108 valence electrons. The Morgan fingerprint density at radius 3 is 2.61 bits per heavy atom. The van der Waals surface area contributed by atoms with Crippen molar-refractivity contribution in [3.05, 3.63) is 0 Å². The number of hydrogen-bond donors (Lipinski definition) is 3. The van der Waals surface area contributed by atoms with Crippen molar-refractivity contribution < 1.29 is 9.90 Å². The monoisotopic (exact) mass is 258 g/mol. The average Bonchev–Trinajstić information content (AvgIpc) is 2.32. The molecule has 0 aliphatic rings. The zero-order valence-corrected chi connectivity index (χ0v) is 12.2. The number of carbonyl (C=O) groups excluding carboxylic acids is 1. The van der Waals surface area contributed by atoms with E-state index in [2.05, 4.69) is 19.2 Å². The van der Waals surface area contributed by atoms with Gasteiger partial charge in [0.15, 0.2) is 0 Å². The minimum atomic E-state index is 0.122. The van der Waals surface area contributed by atoms with Gasteiger partial charge in [0.25, 0.3) is 0 Å². The number of aliphatic hydroxyl groups is 1. The molecule has 0 aliphatic carbocycles. The van der Waals surface area contributed by atoms with Crippen LogP contribution in [0.5, 0.6) is 0 Å². The largest absolute Gasteiger partial charge is 0.396 e. The first-order valence-electron chi connectivity index (χ1n) is 6.99. The summed E-state index contributed by atoms with van der Waals surface area (Å²) in [6.07, 6.45) is 4.29. The van der Waals surface area contributed by atoms with E-state index < -0.39 is 0 Å². The van der Waals surface area contributed by atoms with E-state index in [1.807, 2.05) is 6.92 Å². The van der Waals surface area contributed by atoms with Gasteiger partial charge in [-0.15, -0.1) is 0 Å². The van der Waals surface area contributed by atoms with Crippen LogP contribution < -0.4 is 11.1 Å². The molecule has 0 rings (SSSR count). The van der Waals surface area contributed by atoms with Crippen LogP contribution in [0, 0.1) is 11.3 Å². The maximum Gasteiger partial charge on any atom is 0.220 e. The molecular formula is C14H30N2O2. The Kier molecular flexibility index (Phi) is 9.02. The molecule has 0 spiro atoms. The highest BCUT2D eigenvalue weighted by Gasteiger charge is 2.17. The van der Waals surface area contributed by atoms with Gasteiger partial charge in [-0.2, -0.15) is 0 Å². The highest BCUT2D eigenvalue weighted by atomic mass is 16.3. The zero-order chi connectivity index (χ0) is 14.0. The van der Waals surface area contributed by atoms with Crippen molar-refractivity contribution in [3.8, 4) is 0 Å². The molecule has 4 heteroatoms. The number of carbonyl (C=O) groups is 1. The van der Waals surface area contributed by atoms with E-state index in [1.54, 1.807) is 0 Å². The second kappa shape index (κ2) is 9.34. The lowest BCUT2D eigenvalue weighted by atomic mass is 9.84. The van der Waals surface area contributed by atoms with Crippen molar-refractivity contribution in [1.82, 2.24) is 5.32 Å². The van der Waals surface area contributed by atoms with Gasteiger partial charge >= 0.3 is 0 Å². The third-order valence-electron chi connectivity index (χ3n) is 3.36.